The van der Waals surface area contributed by atoms with Gasteiger partial charge in [0.15, 0.2) is 0 Å². The topological polar surface area (TPSA) is 97.0 Å². The summed E-state index contributed by atoms with van der Waals surface area (Å²) < 4.78 is 10.2. The van der Waals surface area contributed by atoms with Gasteiger partial charge in [0.1, 0.15) is 17.0 Å². The summed E-state index contributed by atoms with van der Waals surface area (Å²) in [5.41, 5.74) is 2.37. The van der Waals surface area contributed by atoms with E-state index in [1.54, 1.807) is 62.6 Å². The molecular formula is C20H21N3O5. The fourth-order valence-electron chi connectivity index (χ4n) is 2.99. The van der Waals surface area contributed by atoms with Crippen LogP contribution in [0, 0.1) is 0 Å². The van der Waals surface area contributed by atoms with E-state index in [9.17, 15) is 14.4 Å². The molecule has 8 heteroatoms. The molecular weight excluding hydrogens is 362 g/mol. The van der Waals surface area contributed by atoms with Crippen molar-refractivity contribution in [3.05, 3.63) is 59.7 Å². The largest absolute Gasteiger partial charge is 0.497 e. The van der Waals surface area contributed by atoms with Crippen LogP contribution in [0.2, 0.25) is 0 Å². The van der Waals surface area contributed by atoms with Crippen LogP contribution in [0.15, 0.2) is 48.5 Å². The van der Waals surface area contributed by atoms with E-state index >= 15 is 0 Å². The Morgan fingerprint density at radius 3 is 2.39 bits per heavy atom. The number of nitrogens with one attached hydrogen (secondary N) is 2. The Balaban J connectivity index is 1.73. The van der Waals surface area contributed by atoms with E-state index in [4.69, 9.17) is 9.47 Å². The summed E-state index contributed by atoms with van der Waals surface area (Å²) in [5, 5.41) is 3.35. The van der Waals surface area contributed by atoms with Crippen LogP contribution in [0.1, 0.15) is 18.1 Å². The second-order valence-corrected chi connectivity index (χ2v) is 6.49. The second kappa shape index (κ2) is 7.59. The number of amides is 4. The van der Waals surface area contributed by atoms with Crippen molar-refractivity contribution in [1.29, 1.82) is 0 Å². The number of carbonyl (C=O) groups is 3. The monoisotopic (exact) mass is 383 g/mol. The number of urea groups is 1. The molecule has 1 unspecified atom stereocenters. The Bertz CT molecular complexity index is 912. The Kier molecular flexibility index (Phi) is 5.21. The molecule has 3 rings (SSSR count). The van der Waals surface area contributed by atoms with Crippen LogP contribution in [0.25, 0.3) is 0 Å². The Labute approximate surface area is 162 Å². The number of ether oxygens (including phenoxy) is 2. The highest BCUT2D eigenvalue weighted by atomic mass is 16.5. The molecule has 2 aromatic carbocycles. The summed E-state index contributed by atoms with van der Waals surface area (Å²) in [6.07, 6.45) is -0.00644. The lowest BCUT2D eigenvalue weighted by molar-refractivity contribution is -0.138. The van der Waals surface area contributed by atoms with Gasteiger partial charge in [-0.05, 0) is 42.3 Å². The number of methoxy groups -OCH3 is 2. The van der Waals surface area contributed by atoms with Gasteiger partial charge in [0, 0.05) is 0 Å². The van der Waals surface area contributed by atoms with Crippen molar-refractivity contribution in [3.8, 4) is 11.5 Å². The van der Waals surface area contributed by atoms with Gasteiger partial charge in [0.2, 0.25) is 5.91 Å². The lowest BCUT2D eigenvalue weighted by atomic mass is 9.92. The standard InChI is InChI=1S/C20H21N3O5/c1-20(14-7-9-15(27-2)10-8-14)18(25)23(19(26)21-20)22-17(24)12-13-5-4-6-16(11-13)28-3/h4-11H,12H2,1-3H3,(H,21,26)(H,22,24). The Morgan fingerprint density at radius 2 is 1.75 bits per heavy atom. The number of hydrogen-bond donors (Lipinski definition) is 2. The molecule has 0 aliphatic carbocycles. The van der Waals surface area contributed by atoms with Gasteiger partial charge in [-0.3, -0.25) is 15.0 Å². The molecule has 1 fully saturated rings. The molecule has 1 heterocycles. The number of hydrazine groups is 1. The van der Waals surface area contributed by atoms with Crippen molar-refractivity contribution in [1.82, 2.24) is 15.8 Å². The van der Waals surface area contributed by atoms with Gasteiger partial charge < -0.3 is 14.8 Å². The predicted octanol–water partition coefficient (Wildman–Crippen LogP) is 1.74. The zero-order chi connectivity index (χ0) is 20.3. The van der Waals surface area contributed by atoms with Crippen molar-refractivity contribution in [2.24, 2.45) is 0 Å². The molecule has 1 saturated heterocycles. The average Bonchev–Trinajstić information content (AvgIpc) is 2.92. The molecule has 0 saturated carbocycles. The summed E-state index contributed by atoms with van der Waals surface area (Å²) in [6.45, 7) is 1.59. The van der Waals surface area contributed by atoms with Crippen molar-refractivity contribution in [2.45, 2.75) is 18.9 Å². The van der Waals surface area contributed by atoms with E-state index in [1.807, 2.05) is 0 Å². The fraction of sp³-hybridized carbons (Fsp3) is 0.250. The highest BCUT2D eigenvalue weighted by Gasteiger charge is 2.50. The number of benzene rings is 2. The van der Waals surface area contributed by atoms with Gasteiger partial charge in [0.25, 0.3) is 5.91 Å². The molecule has 4 amide bonds. The van der Waals surface area contributed by atoms with E-state index < -0.39 is 23.4 Å². The minimum absolute atomic E-state index is 0.00644. The third kappa shape index (κ3) is 3.62. The minimum Gasteiger partial charge on any atom is -0.497 e. The van der Waals surface area contributed by atoms with Gasteiger partial charge in [-0.25, -0.2) is 4.79 Å². The predicted molar refractivity (Wildman–Crippen MR) is 101 cm³/mol. The van der Waals surface area contributed by atoms with Gasteiger partial charge >= 0.3 is 6.03 Å². The molecule has 0 spiro atoms. The van der Waals surface area contributed by atoms with Gasteiger partial charge in [0.05, 0.1) is 20.6 Å². The molecule has 0 aromatic heterocycles. The van der Waals surface area contributed by atoms with E-state index in [2.05, 4.69) is 10.7 Å². The van der Waals surface area contributed by atoms with Crippen molar-refractivity contribution >= 4 is 17.8 Å². The highest BCUT2D eigenvalue weighted by Crippen LogP contribution is 2.29. The van der Waals surface area contributed by atoms with Crippen molar-refractivity contribution < 1.29 is 23.9 Å². The molecule has 28 heavy (non-hydrogen) atoms. The third-order valence-electron chi connectivity index (χ3n) is 4.59. The number of hydrogen-bond acceptors (Lipinski definition) is 5. The van der Waals surface area contributed by atoms with E-state index in [-0.39, 0.29) is 6.42 Å². The summed E-state index contributed by atoms with van der Waals surface area (Å²) in [6, 6.07) is 13.1. The maximum atomic E-state index is 12.9. The first kappa shape index (κ1) is 19.2. The molecule has 1 aliphatic heterocycles. The molecule has 8 nitrogen and oxygen atoms in total. The SMILES string of the molecule is COc1ccc(C2(C)NC(=O)N(NC(=O)Cc3cccc(OC)c3)C2=O)cc1. The van der Waals surface area contributed by atoms with Crippen LogP contribution in [-0.4, -0.2) is 37.1 Å². The number of rotatable bonds is 6. The smallest absolute Gasteiger partial charge is 0.344 e. The number of nitrogens with zero attached hydrogens (tertiary/aromatic N) is 1. The second-order valence-electron chi connectivity index (χ2n) is 6.49. The highest BCUT2D eigenvalue weighted by molar-refractivity contribution is 6.08. The van der Waals surface area contributed by atoms with E-state index in [1.165, 1.54) is 7.11 Å². The van der Waals surface area contributed by atoms with Gasteiger partial charge in [-0.15, -0.1) is 0 Å². The molecule has 1 aliphatic rings. The lowest BCUT2D eigenvalue weighted by Gasteiger charge is -2.22. The van der Waals surface area contributed by atoms with Gasteiger partial charge in [-0.1, -0.05) is 24.3 Å². The molecule has 2 N–H and O–H groups in total. The first-order valence-corrected chi connectivity index (χ1v) is 8.61. The summed E-state index contributed by atoms with van der Waals surface area (Å²) >= 11 is 0. The fourth-order valence-corrected chi connectivity index (χ4v) is 2.99. The Morgan fingerprint density at radius 1 is 1.07 bits per heavy atom. The van der Waals surface area contributed by atoms with Crippen LogP contribution in [0.3, 0.4) is 0 Å². The third-order valence-corrected chi connectivity index (χ3v) is 4.59. The molecule has 0 radical (unpaired) electrons. The first-order chi connectivity index (χ1) is 13.4. The van der Waals surface area contributed by atoms with E-state index in [0.29, 0.717) is 27.6 Å². The minimum atomic E-state index is -1.29. The van der Waals surface area contributed by atoms with Crippen LogP contribution in [0.5, 0.6) is 11.5 Å². The van der Waals surface area contributed by atoms with Crippen LogP contribution in [-0.2, 0) is 21.5 Å². The van der Waals surface area contributed by atoms with Crippen LogP contribution in [0.4, 0.5) is 4.79 Å². The zero-order valence-corrected chi connectivity index (χ0v) is 15.8. The number of imide groups is 1. The van der Waals surface area contributed by atoms with Crippen LogP contribution >= 0.6 is 0 Å². The normalized spacial score (nSPS) is 18.6. The quantitative estimate of drug-likeness (QED) is 0.741. The first-order valence-electron chi connectivity index (χ1n) is 8.61. The zero-order valence-electron chi connectivity index (χ0n) is 15.8. The van der Waals surface area contributed by atoms with Gasteiger partial charge in [-0.2, -0.15) is 5.01 Å². The Hall–Kier alpha value is -3.55. The van der Waals surface area contributed by atoms with Crippen molar-refractivity contribution in [3.63, 3.8) is 0 Å². The molecule has 146 valence electrons. The average molecular weight is 383 g/mol. The summed E-state index contributed by atoms with van der Waals surface area (Å²) in [7, 11) is 3.07. The summed E-state index contributed by atoms with van der Waals surface area (Å²) in [5.74, 6) is 0.192. The summed E-state index contributed by atoms with van der Waals surface area (Å²) in [4.78, 5) is 37.5. The van der Waals surface area contributed by atoms with Crippen LogP contribution < -0.4 is 20.2 Å². The maximum absolute atomic E-state index is 12.9. The lowest BCUT2D eigenvalue weighted by Crippen LogP contribution is -2.48. The van der Waals surface area contributed by atoms with Crippen molar-refractivity contribution in [2.75, 3.05) is 14.2 Å². The number of carbonyl (C=O) groups excluding carboxylic acids is 3. The maximum Gasteiger partial charge on any atom is 0.344 e. The molecule has 2 aromatic rings. The molecule has 1 atom stereocenters. The molecule has 0 bridgehead atoms. The van der Waals surface area contributed by atoms with E-state index in [0.717, 1.165) is 0 Å².